The minimum atomic E-state index is 0.180. The van der Waals surface area contributed by atoms with Gasteiger partial charge in [0.05, 0.1) is 5.56 Å². The van der Waals surface area contributed by atoms with Crippen molar-refractivity contribution >= 4 is 34.8 Å². The van der Waals surface area contributed by atoms with E-state index in [0.717, 1.165) is 58.9 Å². The summed E-state index contributed by atoms with van der Waals surface area (Å²) in [5, 5.41) is 1.07. The molecule has 0 atom stereocenters. The highest BCUT2D eigenvalue weighted by molar-refractivity contribution is 7.98. The number of thiophene rings is 1. The molecule has 0 spiro atoms. The number of piperazine rings is 1. The molecule has 0 unspecified atom stereocenters. The van der Waals surface area contributed by atoms with Crippen molar-refractivity contribution in [2.45, 2.75) is 38.9 Å². The van der Waals surface area contributed by atoms with Crippen LogP contribution in [0.4, 0.5) is 5.82 Å². The summed E-state index contributed by atoms with van der Waals surface area (Å²) in [4.78, 5) is 28.8. The molecule has 0 saturated carbocycles. The van der Waals surface area contributed by atoms with Crippen molar-refractivity contribution in [1.82, 2.24) is 19.4 Å². The van der Waals surface area contributed by atoms with Gasteiger partial charge in [0.1, 0.15) is 16.6 Å². The molecule has 0 radical (unpaired) electrons. The molecule has 32 heavy (non-hydrogen) atoms. The van der Waals surface area contributed by atoms with E-state index in [0.29, 0.717) is 19.0 Å². The Morgan fingerprint density at radius 2 is 1.84 bits per heavy atom. The Kier molecular flexibility index (Phi) is 5.99. The highest BCUT2D eigenvalue weighted by Gasteiger charge is 2.31. The van der Waals surface area contributed by atoms with Crippen LogP contribution < -0.4 is 4.90 Å². The van der Waals surface area contributed by atoms with E-state index in [4.69, 9.17) is 4.98 Å². The van der Waals surface area contributed by atoms with E-state index in [-0.39, 0.29) is 5.91 Å². The van der Waals surface area contributed by atoms with Crippen molar-refractivity contribution in [3.63, 3.8) is 0 Å². The lowest BCUT2D eigenvalue weighted by Gasteiger charge is -2.36. The number of anilines is 1. The molecule has 3 aromatic heterocycles. The number of thioether (sulfide) groups is 1. The molecule has 1 fully saturated rings. The van der Waals surface area contributed by atoms with Gasteiger partial charge in [0.25, 0.3) is 5.91 Å². The highest BCUT2D eigenvalue weighted by Crippen LogP contribution is 2.39. The van der Waals surface area contributed by atoms with Crippen molar-refractivity contribution in [2.24, 2.45) is 0 Å². The SMILES string of the molecule is Cc1cc(N2CCN(C(=O)c3c(-n4cccc4)sc4c3CCSC4)CC2)nc(C(C)C)n1. The van der Waals surface area contributed by atoms with Crippen molar-refractivity contribution in [3.8, 4) is 5.00 Å². The topological polar surface area (TPSA) is 54.3 Å². The number of hydrogen-bond acceptors (Lipinski definition) is 6. The Bertz CT molecular complexity index is 1110. The number of carbonyl (C=O) groups excluding carboxylic acids is 1. The Hall–Kier alpha value is -2.32. The summed E-state index contributed by atoms with van der Waals surface area (Å²) in [6.45, 7) is 9.28. The number of nitrogens with zero attached hydrogens (tertiary/aromatic N) is 5. The zero-order valence-corrected chi connectivity index (χ0v) is 20.5. The quantitative estimate of drug-likeness (QED) is 0.565. The number of carbonyl (C=O) groups is 1. The summed E-state index contributed by atoms with van der Waals surface area (Å²) < 4.78 is 2.11. The third-order valence-electron chi connectivity index (χ3n) is 6.12. The lowest BCUT2D eigenvalue weighted by molar-refractivity contribution is 0.0746. The maximum Gasteiger partial charge on any atom is 0.257 e. The third-order valence-corrected chi connectivity index (χ3v) is 8.53. The fourth-order valence-electron chi connectivity index (χ4n) is 4.38. The second-order valence-electron chi connectivity index (χ2n) is 8.74. The summed E-state index contributed by atoms with van der Waals surface area (Å²) in [7, 11) is 0. The van der Waals surface area contributed by atoms with E-state index in [9.17, 15) is 4.79 Å². The maximum atomic E-state index is 13.8. The third kappa shape index (κ3) is 4.06. The maximum absolute atomic E-state index is 13.8. The van der Waals surface area contributed by atoms with Gasteiger partial charge in [-0.2, -0.15) is 11.8 Å². The van der Waals surface area contributed by atoms with Gasteiger partial charge in [0, 0.05) is 66.9 Å². The zero-order valence-electron chi connectivity index (χ0n) is 18.9. The monoisotopic (exact) mass is 467 g/mol. The van der Waals surface area contributed by atoms with Crippen molar-refractivity contribution in [1.29, 1.82) is 0 Å². The molecule has 2 aliphatic rings. The first-order valence-corrected chi connectivity index (χ1v) is 13.2. The van der Waals surface area contributed by atoms with Crippen molar-refractivity contribution < 1.29 is 4.79 Å². The van der Waals surface area contributed by atoms with Crippen LogP contribution in [0.5, 0.6) is 0 Å². The van der Waals surface area contributed by atoms with Gasteiger partial charge in [-0.25, -0.2) is 9.97 Å². The van der Waals surface area contributed by atoms with Crippen molar-refractivity contribution in [3.05, 3.63) is 58.1 Å². The van der Waals surface area contributed by atoms with Crippen LogP contribution in [0.2, 0.25) is 0 Å². The molecule has 168 valence electrons. The van der Waals surface area contributed by atoms with Crippen LogP contribution in [0.15, 0.2) is 30.6 Å². The molecular formula is C24H29N5OS2. The number of amides is 1. The van der Waals surface area contributed by atoms with Gasteiger partial charge in [-0.15, -0.1) is 11.3 Å². The van der Waals surface area contributed by atoms with Crippen LogP contribution in [0, 0.1) is 6.92 Å². The van der Waals surface area contributed by atoms with Crippen LogP contribution in [-0.4, -0.2) is 57.3 Å². The van der Waals surface area contributed by atoms with Gasteiger partial charge in [-0.1, -0.05) is 13.8 Å². The molecular weight excluding hydrogens is 438 g/mol. The van der Waals surface area contributed by atoms with Gasteiger partial charge in [0.15, 0.2) is 0 Å². The Balaban J connectivity index is 1.37. The fraction of sp³-hybridized carbons (Fsp3) is 0.458. The van der Waals surface area contributed by atoms with E-state index in [2.05, 4.69) is 34.4 Å². The molecule has 0 aromatic carbocycles. The number of rotatable bonds is 4. The van der Waals surface area contributed by atoms with E-state index in [1.165, 1.54) is 10.4 Å². The predicted molar refractivity (Wildman–Crippen MR) is 132 cm³/mol. The Morgan fingerprint density at radius 1 is 1.09 bits per heavy atom. The number of hydrogen-bond donors (Lipinski definition) is 0. The van der Waals surface area contributed by atoms with Crippen LogP contribution in [0.25, 0.3) is 5.00 Å². The van der Waals surface area contributed by atoms with Gasteiger partial charge in [0.2, 0.25) is 0 Å². The molecule has 1 amide bonds. The average Bonchev–Trinajstić information content (AvgIpc) is 3.46. The van der Waals surface area contributed by atoms with Gasteiger partial charge in [-0.3, -0.25) is 4.79 Å². The molecule has 8 heteroatoms. The van der Waals surface area contributed by atoms with Crippen molar-refractivity contribution in [2.75, 3.05) is 36.8 Å². The first-order valence-electron chi connectivity index (χ1n) is 11.3. The van der Waals surface area contributed by atoms with E-state index in [1.54, 1.807) is 11.3 Å². The molecule has 3 aromatic rings. The van der Waals surface area contributed by atoms with E-state index < -0.39 is 0 Å². The van der Waals surface area contributed by atoms with Gasteiger partial charge < -0.3 is 14.4 Å². The molecule has 5 heterocycles. The highest BCUT2D eigenvalue weighted by atomic mass is 32.2. The van der Waals surface area contributed by atoms with Crippen LogP contribution in [0.3, 0.4) is 0 Å². The smallest absolute Gasteiger partial charge is 0.257 e. The van der Waals surface area contributed by atoms with Gasteiger partial charge in [-0.05, 0) is 36.8 Å². The second kappa shape index (κ2) is 8.90. The summed E-state index contributed by atoms with van der Waals surface area (Å²) in [5.41, 5.74) is 3.20. The van der Waals surface area contributed by atoms with E-state index in [1.807, 2.05) is 48.1 Å². The summed E-state index contributed by atoms with van der Waals surface area (Å²) in [6, 6.07) is 6.10. The molecule has 6 nitrogen and oxygen atoms in total. The molecule has 1 saturated heterocycles. The number of aryl methyl sites for hydroxylation is 1. The lowest BCUT2D eigenvalue weighted by atomic mass is 10.1. The predicted octanol–water partition coefficient (Wildman–Crippen LogP) is 4.51. The van der Waals surface area contributed by atoms with Crippen LogP contribution in [-0.2, 0) is 12.2 Å². The molecule has 0 aliphatic carbocycles. The van der Waals surface area contributed by atoms with Gasteiger partial charge >= 0.3 is 0 Å². The first-order chi connectivity index (χ1) is 15.5. The molecule has 5 rings (SSSR count). The minimum absolute atomic E-state index is 0.180. The normalized spacial score (nSPS) is 16.5. The molecule has 0 N–H and O–H groups in total. The largest absolute Gasteiger partial charge is 0.353 e. The second-order valence-corrected chi connectivity index (χ2v) is 10.9. The van der Waals surface area contributed by atoms with Crippen LogP contribution in [0.1, 0.15) is 52.1 Å². The molecule has 2 aliphatic heterocycles. The lowest BCUT2D eigenvalue weighted by Crippen LogP contribution is -2.49. The number of aromatic nitrogens is 3. The average molecular weight is 468 g/mol. The zero-order chi connectivity index (χ0) is 22.2. The summed E-state index contributed by atoms with van der Waals surface area (Å²) in [6.07, 6.45) is 5.07. The Labute approximate surface area is 197 Å². The first kappa shape index (κ1) is 21.5. The summed E-state index contributed by atoms with van der Waals surface area (Å²) in [5.74, 6) is 4.45. The Morgan fingerprint density at radius 3 is 2.56 bits per heavy atom. The fourth-order valence-corrected chi connectivity index (χ4v) is 6.82. The van der Waals surface area contributed by atoms with E-state index >= 15 is 0 Å². The molecule has 0 bridgehead atoms. The minimum Gasteiger partial charge on any atom is -0.353 e. The summed E-state index contributed by atoms with van der Waals surface area (Å²) >= 11 is 3.75. The standard InChI is InChI=1S/C24H29N5OS2/c1-16(2)22-25-17(3)14-20(26-22)27-9-11-28(12-10-27)23(30)21-18-6-13-31-15-19(18)32-24(21)29-7-4-5-8-29/h4-5,7-8,14,16H,6,9-13,15H2,1-3H3. The van der Waals surface area contributed by atoms with Crippen LogP contribution >= 0.6 is 23.1 Å². The number of fused-ring (bicyclic) bond motifs is 1.